The smallest absolute Gasteiger partial charge is 0.271 e. The second-order valence-corrected chi connectivity index (χ2v) is 5.48. The van der Waals surface area contributed by atoms with E-state index in [0.717, 1.165) is 16.8 Å². The number of hydrogen-bond donors (Lipinski definition) is 1. The predicted octanol–water partition coefficient (Wildman–Crippen LogP) is 2.05. The van der Waals surface area contributed by atoms with Crippen LogP contribution in [0.25, 0.3) is 11.3 Å². The lowest BCUT2D eigenvalue weighted by molar-refractivity contribution is 0.182. The van der Waals surface area contributed by atoms with E-state index in [1.807, 2.05) is 36.4 Å². The lowest BCUT2D eigenvalue weighted by Gasteiger charge is -2.12. The molecular weight excluding hydrogens is 278 g/mol. The molecule has 0 bridgehead atoms. The van der Waals surface area contributed by atoms with Crippen molar-refractivity contribution in [1.82, 2.24) is 15.1 Å². The number of rotatable bonds is 7. The average molecular weight is 301 g/mol. The minimum Gasteiger partial charge on any atom is -0.383 e. The highest BCUT2D eigenvalue weighted by atomic mass is 16.5. The van der Waals surface area contributed by atoms with Crippen LogP contribution in [0.2, 0.25) is 0 Å². The molecule has 1 aromatic heterocycles. The number of aromatic nitrogens is 2. The van der Waals surface area contributed by atoms with Crippen molar-refractivity contribution in [3.8, 4) is 11.3 Å². The Hall–Kier alpha value is -1.98. The largest absolute Gasteiger partial charge is 0.383 e. The molecule has 0 atom stereocenters. The number of benzene rings is 1. The third kappa shape index (κ3) is 4.26. The van der Waals surface area contributed by atoms with Crippen LogP contribution >= 0.6 is 0 Å². The van der Waals surface area contributed by atoms with Gasteiger partial charge in [-0.3, -0.25) is 4.79 Å². The van der Waals surface area contributed by atoms with E-state index in [1.165, 1.54) is 4.68 Å². The molecule has 1 aromatic carbocycles. The Morgan fingerprint density at radius 2 is 2.00 bits per heavy atom. The molecule has 5 nitrogen and oxygen atoms in total. The molecule has 1 heterocycles. The van der Waals surface area contributed by atoms with E-state index in [1.54, 1.807) is 7.11 Å². The molecule has 0 saturated carbocycles. The minimum absolute atomic E-state index is 0.0649. The second-order valence-electron chi connectivity index (χ2n) is 5.48. The summed E-state index contributed by atoms with van der Waals surface area (Å²) in [5.74, 6) is 0. The van der Waals surface area contributed by atoms with Gasteiger partial charge in [-0.2, -0.15) is 5.10 Å². The Labute approximate surface area is 130 Å². The zero-order chi connectivity index (χ0) is 15.9. The normalized spacial score (nSPS) is 11.1. The van der Waals surface area contributed by atoms with Crippen LogP contribution in [0.3, 0.4) is 0 Å². The summed E-state index contributed by atoms with van der Waals surface area (Å²) in [5.41, 5.74) is 2.46. The van der Waals surface area contributed by atoms with Crippen molar-refractivity contribution in [2.45, 2.75) is 33.0 Å². The van der Waals surface area contributed by atoms with Crippen molar-refractivity contribution < 1.29 is 4.74 Å². The molecule has 0 saturated heterocycles. The van der Waals surface area contributed by atoms with Gasteiger partial charge in [0.15, 0.2) is 0 Å². The summed E-state index contributed by atoms with van der Waals surface area (Å²) in [6.45, 7) is 5.56. The highest BCUT2D eigenvalue weighted by Gasteiger charge is 2.10. The number of nitrogens with zero attached hydrogens (tertiary/aromatic N) is 2. The molecule has 118 valence electrons. The first kappa shape index (κ1) is 16.4. The molecule has 0 aliphatic carbocycles. The molecule has 0 aliphatic heterocycles. The third-order valence-corrected chi connectivity index (χ3v) is 3.33. The zero-order valence-electron chi connectivity index (χ0n) is 13.4. The summed E-state index contributed by atoms with van der Waals surface area (Å²) < 4.78 is 6.56. The third-order valence-electron chi connectivity index (χ3n) is 3.33. The van der Waals surface area contributed by atoms with E-state index < -0.39 is 0 Å². The fourth-order valence-corrected chi connectivity index (χ4v) is 2.12. The van der Waals surface area contributed by atoms with Gasteiger partial charge in [0, 0.05) is 30.8 Å². The van der Waals surface area contributed by atoms with Crippen LogP contribution in [0.1, 0.15) is 19.4 Å². The Kier molecular flexibility index (Phi) is 5.86. The maximum Gasteiger partial charge on any atom is 0.271 e. The molecule has 0 radical (unpaired) electrons. The number of ether oxygens (including phenoxy) is 1. The number of hydrogen-bond acceptors (Lipinski definition) is 4. The van der Waals surface area contributed by atoms with Crippen molar-refractivity contribution in [2.75, 3.05) is 13.7 Å². The summed E-state index contributed by atoms with van der Waals surface area (Å²) in [5, 5.41) is 7.76. The van der Waals surface area contributed by atoms with Crippen LogP contribution in [0.15, 0.2) is 41.2 Å². The van der Waals surface area contributed by atoms with E-state index >= 15 is 0 Å². The predicted molar refractivity (Wildman–Crippen MR) is 87.8 cm³/mol. The number of nitrogens with one attached hydrogen (secondary N) is 1. The first-order valence-corrected chi connectivity index (χ1v) is 7.50. The summed E-state index contributed by atoms with van der Waals surface area (Å²) >= 11 is 0. The molecule has 2 rings (SSSR count). The van der Waals surface area contributed by atoms with Crippen LogP contribution in [-0.2, 0) is 17.8 Å². The van der Waals surface area contributed by atoms with Crippen LogP contribution < -0.4 is 10.9 Å². The van der Waals surface area contributed by atoms with Crippen LogP contribution in [0.4, 0.5) is 0 Å². The number of methoxy groups -OCH3 is 1. The summed E-state index contributed by atoms with van der Waals surface area (Å²) in [6.07, 6.45) is 0. The fraction of sp³-hybridized carbons (Fsp3) is 0.412. The summed E-state index contributed by atoms with van der Waals surface area (Å²) in [4.78, 5) is 12.5. The van der Waals surface area contributed by atoms with Gasteiger partial charge in [-0.1, -0.05) is 44.2 Å². The van der Waals surface area contributed by atoms with Crippen molar-refractivity contribution in [3.05, 3.63) is 52.3 Å². The SMILES string of the molecule is COCCn1nc(-c2ccccc2)cc(CNC(C)C)c1=O. The van der Waals surface area contributed by atoms with Gasteiger partial charge in [0.05, 0.1) is 18.8 Å². The van der Waals surface area contributed by atoms with E-state index in [4.69, 9.17) is 4.74 Å². The van der Waals surface area contributed by atoms with Crippen LogP contribution in [0, 0.1) is 0 Å². The maximum atomic E-state index is 12.5. The van der Waals surface area contributed by atoms with Crippen molar-refractivity contribution >= 4 is 0 Å². The molecule has 5 heteroatoms. The van der Waals surface area contributed by atoms with Crippen LogP contribution in [0.5, 0.6) is 0 Å². The van der Waals surface area contributed by atoms with E-state index in [9.17, 15) is 4.79 Å². The molecule has 22 heavy (non-hydrogen) atoms. The van der Waals surface area contributed by atoms with Crippen molar-refractivity contribution in [3.63, 3.8) is 0 Å². The first-order valence-electron chi connectivity index (χ1n) is 7.50. The highest BCUT2D eigenvalue weighted by molar-refractivity contribution is 5.58. The van der Waals surface area contributed by atoms with Gasteiger partial charge >= 0.3 is 0 Å². The topological polar surface area (TPSA) is 56.1 Å². The molecular formula is C17H23N3O2. The van der Waals surface area contributed by atoms with Gasteiger partial charge in [-0.15, -0.1) is 0 Å². The molecule has 0 aliphatic rings. The monoisotopic (exact) mass is 301 g/mol. The van der Waals surface area contributed by atoms with E-state index in [0.29, 0.717) is 25.7 Å². The molecule has 0 unspecified atom stereocenters. The Morgan fingerprint density at radius 3 is 2.64 bits per heavy atom. The van der Waals surface area contributed by atoms with Gasteiger partial charge in [0.25, 0.3) is 5.56 Å². The Bertz CT molecular complexity index is 651. The van der Waals surface area contributed by atoms with E-state index in [-0.39, 0.29) is 5.56 Å². The Balaban J connectivity index is 2.41. The molecule has 0 spiro atoms. The van der Waals surface area contributed by atoms with Gasteiger partial charge < -0.3 is 10.1 Å². The van der Waals surface area contributed by atoms with Gasteiger partial charge in [-0.05, 0) is 6.07 Å². The quantitative estimate of drug-likeness (QED) is 0.850. The molecule has 1 N–H and O–H groups in total. The standard InChI is InChI=1S/C17H23N3O2/c1-13(2)18-12-15-11-16(14-7-5-4-6-8-14)19-20(17(15)21)9-10-22-3/h4-8,11,13,18H,9-10,12H2,1-3H3. The lowest BCUT2D eigenvalue weighted by Crippen LogP contribution is -2.32. The summed E-state index contributed by atoms with van der Waals surface area (Å²) in [7, 11) is 1.62. The molecule has 0 fully saturated rings. The van der Waals surface area contributed by atoms with Crippen LogP contribution in [-0.4, -0.2) is 29.5 Å². The maximum absolute atomic E-state index is 12.5. The Morgan fingerprint density at radius 1 is 1.27 bits per heavy atom. The zero-order valence-corrected chi connectivity index (χ0v) is 13.4. The first-order chi connectivity index (χ1) is 10.6. The second kappa shape index (κ2) is 7.87. The molecule has 2 aromatic rings. The lowest BCUT2D eigenvalue weighted by atomic mass is 10.1. The van der Waals surface area contributed by atoms with Crippen molar-refractivity contribution in [2.24, 2.45) is 0 Å². The average Bonchev–Trinajstić information content (AvgIpc) is 2.53. The minimum atomic E-state index is -0.0649. The van der Waals surface area contributed by atoms with Gasteiger partial charge in [0.1, 0.15) is 0 Å². The van der Waals surface area contributed by atoms with Crippen molar-refractivity contribution in [1.29, 1.82) is 0 Å². The highest BCUT2D eigenvalue weighted by Crippen LogP contribution is 2.15. The van der Waals surface area contributed by atoms with Gasteiger partial charge in [0.2, 0.25) is 0 Å². The fourth-order valence-electron chi connectivity index (χ4n) is 2.12. The molecule has 0 amide bonds. The summed E-state index contributed by atoms with van der Waals surface area (Å²) in [6, 6.07) is 12.1. The van der Waals surface area contributed by atoms with Gasteiger partial charge in [-0.25, -0.2) is 4.68 Å². The van der Waals surface area contributed by atoms with E-state index in [2.05, 4.69) is 24.3 Å².